The van der Waals surface area contributed by atoms with Gasteiger partial charge in [-0.15, -0.1) is 11.3 Å². The molecule has 2 aliphatic heterocycles. The lowest BCUT2D eigenvalue weighted by Crippen LogP contribution is -2.46. The summed E-state index contributed by atoms with van der Waals surface area (Å²) in [5.74, 6) is -0.386. The first-order valence-corrected chi connectivity index (χ1v) is 12.7. The van der Waals surface area contributed by atoms with E-state index in [1.54, 1.807) is 16.2 Å². The summed E-state index contributed by atoms with van der Waals surface area (Å²) in [5, 5.41) is 4.82. The van der Waals surface area contributed by atoms with E-state index in [1.165, 1.54) is 0 Å². The Morgan fingerprint density at radius 3 is 2.83 bits per heavy atom. The Morgan fingerprint density at radius 2 is 1.94 bits per heavy atom. The fourth-order valence-corrected chi connectivity index (χ4v) is 6.18. The number of aromatic nitrogens is 2. The van der Waals surface area contributed by atoms with Gasteiger partial charge in [-0.25, -0.2) is 9.78 Å². The van der Waals surface area contributed by atoms with Crippen molar-refractivity contribution in [1.29, 1.82) is 0 Å². The summed E-state index contributed by atoms with van der Waals surface area (Å²) in [4.78, 5) is 49.6. The van der Waals surface area contributed by atoms with Gasteiger partial charge in [-0.1, -0.05) is 30.3 Å². The number of benzene rings is 2. The van der Waals surface area contributed by atoms with Crippen molar-refractivity contribution in [3.63, 3.8) is 0 Å². The molecule has 2 N–H and O–H groups in total. The van der Waals surface area contributed by atoms with Gasteiger partial charge in [0.1, 0.15) is 12.6 Å². The zero-order valence-electron chi connectivity index (χ0n) is 19.1. The summed E-state index contributed by atoms with van der Waals surface area (Å²) in [7, 11) is 0. The third-order valence-electron chi connectivity index (χ3n) is 6.93. The lowest BCUT2D eigenvalue weighted by Gasteiger charge is -2.32. The SMILES string of the molecule is O=C(CN1C(=O)N[C@H](Cc2c[nH]c3ccccc23)C1=O)N1CCC[C@@H](c2nc3ccccc3s2)C1. The van der Waals surface area contributed by atoms with E-state index in [1.807, 2.05) is 48.7 Å². The predicted octanol–water partition coefficient (Wildman–Crippen LogP) is 3.65. The Kier molecular flexibility index (Phi) is 5.49. The van der Waals surface area contributed by atoms with Crippen LogP contribution < -0.4 is 5.32 Å². The Labute approximate surface area is 205 Å². The van der Waals surface area contributed by atoms with Gasteiger partial charge >= 0.3 is 6.03 Å². The highest BCUT2D eigenvalue weighted by atomic mass is 32.1. The van der Waals surface area contributed by atoms with Gasteiger partial charge in [0, 0.05) is 42.5 Å². The second-order valence-corrected chi connectivity index (χ2v) is 10.3. The maximum Gasteiger partial charge on any atom is 0.325 e. The quantitative estimate of drug-likeness (QED) is 0.420. The number of hydrogen-bond acceptors (Lipinski definition) is 5. The molecule has 0 radical (unpaired) electrons. The fourth-order valence-electron chi connectivity index (χ4n) is 5.09. The molecule has 0 aliphatic carbocycles. The molecule has 2 aromatic carbocycles. The van der Waals surface area contributed by atoms with Crippen molar-refractivity contribution in [2.24, 2.45) is 0 Å². The molecular weight excluding hydrogens is 462 g/mol. The lowest BCUT2D eigenvalue weighted by atomic mass is 9.98. The van der Waals surface area contributed by atoms with Crippen LogP contribution >= 0.6 is 11.3 Å². The van der Waals surface area contributed by atoms with Gasteiger partial charge in [-0.05, 0) is 36.6 Å². The molecule has 0 saturated carbocycles. The number of fused-ring (bicyclic) bond motifs is 2. The number of thiazole rings is 1. The molecule has 4 aromatic rings. The number of hydrogen-bond donors (Lipinski definition) is 2. The number of amides is 4. The summed E-state index contributed by atoms with van der Waals surface area (Å²) in [6.07, 6.45) is 4.09. The maximum absolute atomic E-state index is 13.1. The van der Waals surface area contributed by atoms with Gasteiger partial charge in [-0.2, -0.15) is 0 Å². The fraction of sp³-hybridized carbons (Fsp3) is 0.308. The number of para-hydroxylation sites is 2. The Morgan fingerprint density at radius 1 is 1.11 bits per heavy atom. The van der Waals surface area contributed by atoms with Crippen molar-refractivity contribution in [3.8, 4) is 0 Å². The molecule has 2 fully saturated rings. The number of nitrogens with zero attached hydrogens (tertiary/aromatic N) is 3. The van der Waals surface area contributed by atoms with Crippen LogP contribution in [0.25, 0.3) is 21.1 Å². The summed E-state index contributed by atoms with van der Waals surface area (Å²) < 4.78 is 1.14. The van der Waals surface area contributed by atoms with Crippen LogP contribution in [0.5, 0.6) is 0 Å². The number of piperidine rings is 1. The first-order valence-electron chi connectivity index (χ1n) is 11.9. The second-order valence-electron chi connectivity index (χ2n) is 9.19. The molecule has 0 bridgehead atoms. The summed E-state index contributed by atoms with van der Waals surface area (Å²) in [6.45, 7) is 0.950. The van der Waals surface area contributed by atoms with Crippen LogP contribution in [0, 0.1) is 0 Å². The maximum atomic E-state index is 13.1. The minimum absolute atomic E-state index is 0.169. The number of carbonyl (C=O) groups is 3. The molecule has 9 heteroatoms. The Balaban J connectivity index is 1.12. The first-order chi connectivity index (χ1) is 17.1. The standard InChI is InChI=1S/C26H25N5O3S/c32-23(30-11-5-6-16(14-30)24-28-20-9-3-4-10-22(20)35-24)15-31-25(33)21(29-26(31)34)12-17-13-27-19-8-2-1-7-18(17)19/h1-4,7-10,13,16,21,27H,5-6,11-12,14-15H2,(H,29,34)/t16-,21-/m1/s1. The number of likely N-dealkylation sites (tertiary alicyclic amines) is 1. The van der Waals surface area contributed by atoms with Gasteiger partial charge in [-0.3, -0.25) is 14.5 Å². The average Bonchev–Trinajstić information content (AvgIpc) is 3.57. The van der Waals surface area contributed by atoms with E-state index in [0.717, 1.165) is 49.4 Å². The molecule has 4 heterocycles. The number of nitrogens with one attached hydrogen (secondary N) is 2. The van der Waals surface area contributed by atoms with Crippen molar-refractivity contribution in [2.75, 3.05) is 19.6 Å². The highest BCUT2D eigenvalue weighted by Crippen LogP contribution is 2.33. The third kappa shape index (κ3) is 4.05. The molecule has 6 rings (SSSR count). The van der Waals surface area contributed by atoms with Crippen LogP contribution in [0.2, 0.25) is 0 Å². The minimum Gasteiger partial charge on any atom is -0.361 e. The zero-order valence-corrected chi connectivity index (χ0v) is 19.9. The summed E-state index contributed by atoms with van der Waals surface area (Å²) in [6, 6.07) is 14.7. The zero-order chi connectivity index (χ0) is 23.9. The van der Waals surface area contributed by atoms with Crippen LogP contribution in [-0.4, -0.2) is 63.3 Å². The third-order valence-corrected chi connectivity index (χ3v) is 8.13. The molecule has 178 valence electrons. The minimum atomic E-state index is -0.675. The molecule has 8 nitrogen and oxygen atoms in total. The van der Waals surface area contributed by atoms with Gasteiger partial charge in [0.2, 0.25) is 5.91 Å². The molecule has 2 atom stereocenters. The van der Waals surface area contributed by atoms with E-state index in [4.69, 9.17) is 4.98 Å². The highest BCUT2D eigenvalue weighted by molar-refractivity contribution is 7.18. The van der Waals surface area contributed by atoms with Crippen LogP contribution in [0.3, 0.4) is 0 Å². The molecule has 0 spiro atoms. The monoisotopic (exact) mass is 487 g/mol. The molecular formula is C26H25N5O3S. The first kappa shape index (κ1) is 21.8. The normalized spacial score (nSPS) is 20.7. The molecule has 0 unspecified atom stereocenters. The molecule has 2 saturated heterocycles. The van der Waals surface area contributed by atoms with Crippen LogP contribution in [0.15, 0.2) is 54.7 Å². The number of rotatable bonds is 5. The number of aromatic amines is 1. The second kappa shape index (κ2) is 8.81. The average molecular weight is 488 g/mol. The predicted molar refractivity (Wildman–Crippen MR) is 134 cm³/mol. The van der Waals surface area contributed by atoms with E-state index in [0.29, 0.717) is 19.5 Å². The largest absolute Gasteiger partial charge is 0.361 e. The molecule has 4 amide bonds. The van der Waals surface area contributed by atoms with Crippen molar-refractivity contribution in [2.45, 2.75) is 31.2 Å². The van der Waals surface area contributed by atoms with Crippen molar-refractivity contribution in [3.05, 3.63) is 65.3 Å². The number of imide groups is 1. The van der Waals surface area contributed by atoms with Gasteiger partial charge in [0.15, 0.2) is 0 Å². The van der Waals surface area contributed by atoms with E-state index >= 15 is 0 Å². The van der Waals surface area contributed by atoms with E-state index in [2.05, 4.69) is 16.4 Å². The van der Waals surface area contributed by atoms with E-state index in [-0.39, 0.29) is 24.3 Å². The summed E-state index contributed by atoms with van der Waals surface area (Å²) in [5.41, 5.74) is 2.93. The van der Waals surface area contributed by atoms with Crippen LogP contribution in [0.4, 0.5) is 4.79 Å². The Bertz CT molecular complexity index is 1410. The van der Waals surface area contributed by atoms with Gasteiger partial charge < -0.3 is 15.2 Å². The molecule has 35 heavy (non-hydrogen) atoms. The van der Waals surface area contributed by atoms with Crippen LogP contribution in [0.1, 0.15) is 29.3 Å². The van der Waals surface area contributed by atoms with E-state index < -0.39 is 12.1 Å². The summed E-state index contributed by atoms with van der Waals surface area (Å²) >= 11 is 1.67. The van der Waals surface area contributed by atoms with Gasteiger partial charge in [0.25, 0.3) is 5.91 Å². The molecule has 2 aliphatic rings. The smallest absolute Gasteiger partial charge is 0.325 e. The van der Waals surface area contributed by atoms with Crippen molar-refractivity contribution < 1.29 is 14.4 Å². The Hall–Kier alpha value is -3.72. The molecule has 2 aromatic heterocycles. The number of urea groups is 1. The number of H-pyrrole nitrogens is 1. The highest BCUT2D eigenvalue weighted by Gasteiger charge is 2.40. The van der Waals surface area contributed by atoms with Crippen molar-refractivity contribution in [1.82, 2.24) is 25.1 Å². The van der Waals surface area contributed by atoms with Gasteiger partial charge in [0.05, 0.1) is 15.2 Å². The topological polar surface area (TPSA) is 98.4 Å². The number of carbonyl (C=O) groups excluding carboxylic acids is 3. The van der Waals surface area contributed by atoms with Crippen molar-refractivity contribution >= 4 is 50.3 Å². The van der Waals surface area contributed by atoms with Crippen LogP contribution in [-0.2, 0) is 16.0 Å². The van der Waals surface area contributed by atoms with E-state index in [9.17, 15) is 14.4 Å². The lowest BCUT2D eigenvalue weighted by molar-refractivity contribution is -0.138.